The summed E-state index contributed by atoms with van der Waals surface area (Å²) in [5.41, 5.74) is 2.58. The Bertz CT molecular complexity index is 675. The molecule has 136 valence electrons. The van der Waals surface area contributed by atoms with E-state index in [1.54, 1.807) is 0 Å². The van der Waals surface area contributed by atoms with Crippen LogP contribution in [0.2, 0.25) is 0 Å². The average Bonchev–Trinajstić information content (AvgIpc) is 3.14. The number of aliphatic hydroxyl groups is 1. The molecule has 3 heterocycles. The number of aliphatic hydroxyl groups excluding tert-OH is 1. The number of nitrogens with zero attached hydrogens (tertiary/aromatic N) is 2. The Balaban J connectivity index is 1.38. The smallest absolute Gasteiger partial charge is 0.0475 e. The third kappa shape index (κ3) is 4.08. The first-order valence-corrected chi connectivity index (χ1v) is 9.93. The van der Waals surface area contributed by atoms with Crippen LogP contribution in [0.15, 0.2) is 30.5 Å². The summed E-state index contributed by atoms with van der Waals surface area (Å²) in [5.74, 6) is 1.04. The minimum atomic E-state index is 0.325. The third-order valence-electron chi connectivity index (χ3n) is 6.10. The quantitative estimate of drug-likeness (QED) is 0.878. The summed E-state index contributed by atoms with van der Waals surface area (Å²) < 4.78 is 0. The van der Waals surface area contributed by atoms with Crippen LogP contribution in [0.25, 0.3) is 10.9 Å². The zero-order valence-corrected chi connectivity index (χ0v) is 15.2. The van der Waals surface area contributed by atoms with Crippen molar-refractivity contribution in [3.63, 3.8) is 0 Å². The number of hydrogen-bond donors (Lipinski definition) is 2. The monoisotopic (exact) mass is 341 g/mol. The van der Waals surface area contributed by atoms with Crippen molar-refractivity contribution in [2.75, 3.05) is 39.3 Å². The zero-order chi connectivity index (χ0) is 17.1. The fourth-order valence-electron chi connectivity index (χ4n) is 4.69. The van der Waals surface area contributed by atoms with Crippen LogP contribution in [-0.2, 0) is 6.54 Å². The second-order valence-electron chi connectivity index (χ2n) is 8.01. The molecule has 2 atom stereocenters. The molecule has 4 heteroatoms. The van der Waals surface area contributed by atoms with Gasteiger partial charge in [-0.15, -0.1) is 0 Å². The highest BCUT2D eigenvalue weighted by atomic mass is 16.3. The molecule has 4 rings (SSSR count). The summed E-state index contributed by atoms with van der Waals surface area (Å²) in [6, 6.07) is 8.84. The summed E-state index contributed by atoms with van der Waals surface area (Å²) >= 11 is 0. The maximum atomic E-state index is 9.87. The van der Waals surface area contributed by atoms with Gasteiger partial charge in [0.05, 0.1) is 0 Å². The van der Waals surface area contributed by atoms with Crippen molar-refractivity contribution in [1.82, 2.24) is 14.8 Å². The first-order valence-electron chi connectivity index (χ1n) is 9.93. The molecular formula is C21H31N3O. The molecule has 0 spiro atoms. The number of H-pyrrole nitrogens is 1. The average molecular weight is 341 g/mol. The largest absolute Gasteiger partial charge is 0.396 e. The summed E-state index contributed by atoms with van der Waals surface area (Å²) in [7, 11) is 0. The zero-order valence-electron chi connectivity index (χ0n) is 15.2. The number of nitrogens with one attached hydrogen (secondary N) is 1. The molecule has 4 nitrogen and oxygen atoms in total. The van der Waals surface area contributed by atoms with Gasteiger partial charge in [-0.2, -0.15) is 0 Å². The predicted octanol–water partition coefficient (Wildman–Crippen LogP) is 3.08. The number of benzene rings is 1. The lowest BCUT2D eigenvalue weighted by molar-refractivity contribution is 0.165. The van der Waals surface area contributed by atoms with Gasteiger partial charge in [0.1, 0.15) is 0 Å². The topological polar surface area (TPSA) is 42.5 Å². The minimum absolute atomic E-state index is 0.325. The van der Waals surface area contributed by atoms with E-state index in [4.69, 9.17) is 0 Å². The first kappa shape index (κ1) is 17.1. The molecule has 0 bridgehead atoms. The van der Waals surface area contributed by atoms with E-state index in [-0.39, 0.29) is 0 Å². The van der Waals surface area contributed by atoms with Gasteiger partial charge in [-0.05, 0) is 66.9 Å². The van der Waals surface area contributed by atoms with Gasteiger partial charge in [-0.25, -0.2) is 0 Å². The van der Waals surface area contributed by atoms with Gasteiger partial charge in [0, 0.05) is 44.5 Å². The number of hydrogen-bond acceptors (Lipinski definition) is 3. The minimum Gasteiger partial charge on any atom is -0.396 e. The van der Waals surface area contributed by atoms with Gasteiger partial charge in [0.2, 0.25) is 0 Å². The summed E-state index contributed by atoms with van der Waals surface area (Å²) in [6.45, 7) is 7.13. The van der Waals surface area contributed by atoms with Crippen LogP contribution in [0.3, 0.4) is 0 Å². The van der Waals surface area contributed by atoms with Gasteiger partial charge in [0.15, 0.2) is 0 Å². The fourth-order valence-corrected chi connectivity index (χ4v) is 4.69. The van der Waals surface area contributed by atoms with E-state index in [2.05, 4.69) is 39.0 Å². The Morgan fingerprint density at radius 1 is 0.960 bits per heavy atom. The van der Waals surface area contributed by atoms with Crippen LogP contribution in [-0.4, -0.2) is 59.2 Å². The van der Waals surface area contributed by atoms with Crippen molar-refractivity contribution in [3.05, 3.63) is 36.0 Å². The Morgan fingerprint density at radius 3 is 2.56 bits per heavy atom. The van der Waals surface area contributed by atoms with Crippen molar-refractivity contribution in [2.45, 2.75) is 32.2 Å². The van der Waals surface area contributed by atoms with E-state index in [1.165, 1.54) is 61.8 Å². The van der Waals surface area contributed by atoms with E-state index in [0.717, 1.165) is 19.6 Å². The van der Waals surface area contributed by atoms with Crippen molar-refractivity contribution < 1.29 is 5.11 Å². The van der Waals surface area contributed by atoms with Crippen LogP contribution in [0.1, 0.15) is 31.2 Å². The molecule has 2 aliphatic heterocycles. The van der Waals surface area contributed by atoms with E-state index in [1.807, 2.05) is 6.20 Å². The number of fused-ring (bicyclic) bond motifs is 1. The maximum Gasteiger partial charge on any atom is 0.0475 e. The lowest BCUT2D eigenvalue weighted by Gasteiger charge is -2.26. The van der Waals surface area contributed by atoms with E-state index in [9.17, 15) is 5.11 Å². The predicted molar refractivity (Wildman–Crippen MR) is 103 cm³/mol. The molecule has 2 fully saturated rings. The van der Waals surface area contributed by atoms with Crippen molar-refractivity contribution >= 4 is 10.9 Å². The molecule has 0 saturated carbocycles. The normalized spacial score (nSPS) is 26.3. The number of aromatic amines is 1. The SMILES string of the molecule is OC[C@H]1CN(Cc2ccc3[nH]ccc3c2)C[C@H]1CN1CCCCCC1. The maximum absolute atomic E-state index is 9.87. The standard InChI is InChI=1S/C21H31N3O/c25-16-20-15-24(12-17-5-6-21-18(11-17)7-8-22-21)14-19(20)13-23-9-3-1-2-4-10-23/h5-8,11,19-20,22,25H,1-4,9-10,12-16H2/t19-,20-/m1/s1. The molecule has 0 amide bonds. The highest BCUT2D eigenvalue weighted by Crippen LogP contribution is 2.27. The molecule has 25 heavy (non-hydrogen) atoms. The molecular weight excluding hydrogens is 310 g/mol. The second-order valence-corrected chi connectivity index (χ2v) is 8.01. The van der Waals surface area contributed by atoms with Crippen LogP contribution < -0.4 is 0 Å². The number of likely N-dealkylation sites (tertiary alicyclic amines) is 2. The molecule has 0 aliphatic carbocycles. The molecule has 2 aromatic rings. The van der Waals surface area contributed by atoms with Crippen molar-refractivity contribution in [2.24, 2.45) is 11.8 Å². The van der Waals surface area contributed by atoms with Crippen LogP contribution in [0.4, 0.5) is 0 Å². The summed E-state index contributed by atoms with van der Waals surface area (Å²) in [5, 5.41) is 11.2. The lowest BCUT2D eigenvalue weighted by Crippen LogP contribution is -2.34. The van der Waals surface area contributed by atoms with Crippen LogP contribution >= 0.6 is 0 Å². The summed E-state index contributed by atoms with van der Waals surface area (Å²) in [6.07, 6.45) is 7.47. The van der Waals surface area contributed by atoms with Crippen LogP contribution in [0.5, 0.6) is 0 Å². The third-order valence-corrected chi connectivity index (χ3v) is 6.10. The highest BCUT2D eigenvalue weighted by molar-refractivity contribution is 5.79. The molecule has 2 N–H and O–H groups in total. The van der Waals surface area contributed by atoms with Gasteiger partial charge in [-0.3, -0.25) is 4.90 Å². The first-order chi connectivity index (χ1) is 12.3. The Hall–Kier alpha value is -1.36. The lowest BCUT2D eigenvalue weighted by atomic mass is 9.96. The van der Waals surface area contributed by atoms with E-state index in [0.29, 0.717) is 18.4 Å². The molecule has 2 aliphatic rings. The van der Waals surface area contributed by atoms with E-state index >= 15 is 0 Å². The second kappa shape index (κ2) is 7.90. The van der Waals surface area contributed by atoms with Crippen molar-refractivity contribution in [3.8, 4) is 0 Å². The fraction of sp³-hybridized carbons (Fsp3) is 0.619. The Morgan fingerprint density at radius 2 is 1.76 bits per heavy atom. The van der Waals surface area contributed by atoms with Gasteiger partial charge >= 0.3 is 0 Å². The molecule has 1 aromatic carbocycles. The Kier molecular flexibility index (Phi) is 5.39. The molecule has 1 aromatic heterocycles. The Labute approximate surface area is 150 Å². The van der Waals surface area contributed by atoms with Crippen molar-refractivity contribution in [1.29, 1.82) is 0 Å². The molecule has 2 saturated heterocycles. The van der Waals surface area contributed by atoms with Gasteiger partial charge < -0.3 is 15.0 Å². The van der Waals surface area contributed by atoms with Gasteiger partial charge in [-0.1, -0.05) is 18.9 Å². The summed E-state index contributed by atoms with van der Waals surface area (Å²) in [4.78, 5) is 8.45. The molecule has 0 radical (unpaired) electrons. The number of rotatable bonds is 5. The molecule has 0 unspecified atom stereocenters. The highest BCUT2D eigenvalue weighted by Gasteiger charge is 2.33. The van der Waals surface area contributed by atoms with Gasteiger partial charge in [0.25, 0.3) is 0 Å². The van der Waals surface area contributed by atoms with E-state index < -0.39 is 0 Å². The number of aromatic nitrogens is 1. The van der Waals surface area contributed by atoms with Crippen LogP contribution in [0, 0.1) is 11.8 Å².